The van der Waals surface area contributed by atoms with Gasteiger partial charge in [0.1, 0.15) is 11.4 Å². The number of aryl methyl sites for hydroxylation is 1. The first-order valence-electron chi connectivity index (χ1n) is 8.09. The number of aromatic nitrogens is 4. The lowest BCUT2D eigenvalue weighted by atomic mass is 10.1. The van der Waals surface area contributed by atoms with Gasteiger partial charge in [0.25, 0.3) is 11.1 Å². The molecule has 0 fully saturated rings. The number of rotatable bonds is 3. The molecule has 0 N–H and O–H groups in total. The van der Waals surface area contributed by atoms with Crippen LogP contribution in [0.5, 0.6) is 5.75 Å². The summed E-state index contributed by atoms with van der Waals surface area (Å²) >= 11 is 0. The van der Waals surface area contributed by atoms with Crippen molar-refractivity contribution >= 4 is 16.7 Å². The van der Waals surface area contributed by atoms with E-state index in [9.17, 15) is 9.59 Å². The quantitative estimate of drug-likeness (QED) is 0.525. The van der Waals surface area contributed by atoms with Crippen LogP contribution in [0.4, 0.5) is 0 Å². The standard InChI is InChI=1S/C19H16N4O3/c1-22-16-6-4-3-5-14(16)18(25)23-19(22)20-17(24)15(21-23)11-12-7-9-13(26-2)10-8-12/h3-10H,11H2,1-2H3. The molecule has 0 amide bonds. The smallest absolute Gasteiger partial charge is 0.296 e. The molecular formula is C19H16N4O3. The van der Waals surface area contributed by atoms with Crippen LogP contribution in [0.1, 0.15) is 11.3 Å². The molecule has 7 heteroatoms. The van der Waals surface area contributed by atoms with Crippen LogP contribution in [0.2, 0.25) is 0 Å². The zero-order valence-electron chi connectivity index (χ0n) is 14.3. The number of benzene rings is 2. The molecule has 2 aromatic carbocycles. The number of fused-ring (bicyclic) bond motifs is 2. The Labute approximate surface area is 148 Å². The molecule has 0 radical (unpaired) electrons. The summed E-state index contributed by atoms with van der Waals surface area (Å²) in [4.78, 5) is 29.3. The van der Waals surface area contributed by atoms with E-state index in [4.69, 9.17) is 4.74 Å². The minimum absolute atomic E-state index is 0.220. The average molecular weight is 348 g/mol. The summed E-state index contributed by atoms with van der Waals surface area (Å²) in [5, 5.41) is 4.82. The van der Waals surface area contributed by atoms with Gasteiger partial charge in [0.05, 0.1) is 18.0 Å². The van der Waals surface area contributed by atoms with Crippen LogP contribution < -0.4 is 15.9 Å². The third-order valence-electron chi connectivity index (χ3n) is 4.38. The fourth-order valence-corrected chi connectivity index (χ4v) is 2.98. The van der Waals surface area contributed by atoms with Gasteiger partial charge < -0.3 is 9.30 Å². The van der Waals surface area contributed by atoms with E-state index in [0.29, 0.717) is 10.9 Å². The van der Waals surface area contributed by atoms with Crippen LogP contribution in [-0.4, -0.2) is 26.3 Å². The molecule has 0 aliphatic heterocycles. The average Bonchev–Trinajstić information content (AvgIpc) is 2.68. The molecular weight excluding hydrogens is 332 g/mol. The number of methoxy groups -OCH3 is 1. The lowest BCUT2D eigenvalue weighted by Crippen LogP contribution is -2.29. The van der Waals surface area contributed by atoms with E-state index >= 15 is 0 Å². The molecule has 0 atom stereocenters. The van der Waals surface area contributed by atoms with Gasteiger partial charge in [-0.15, -0.1) is 0 Å². The zero-order chi connectivity index (χ0) is 18.3. The molecule has 2 heterocycles. The number of ether oxygens (including phenoxy) is 1. The van der Waals surface area contributed by atoms with Crippen LogP contribution in [0.15, 0.2) is 58.1 Å². The largest absolute Gasteiger partial charge is 0.497 e. The Bertz CT molecular complexity index is 1240. The fraction of sp³-hybridized carbons (Fsp3) is 0.158. The highest BCUT2D eigenvalue weighted by molar-refractivity contribution is 5.79. The maximum atomic E-state index is 12.8. The summed E-state index contributed by atoms with van der Waals surface area (Å²) < 4.78 is 8.03. The van der Waals surface area contributed by atoms with E-state index in [0.717, 1.165) is 11.3 Å². The predicted octanol–water partition coefficient (Wildman–Crippen LogP) is 1.54. The molecule has 0 bridgehead atoms. The van der Waals surface area contributed by atoms with Gasteiger partial charge in [0, 0.05) is 13.5 Å². The monoisotopic (exact) mass is 348 g/mol. The van der Waals surface area contributed by atoms with Crippen molar-refractivity contribution in [3.63, 3.8) is 0 Å². The number of hydrogen-bond acceptors (Lipinski definition) is 5. The maximum absolute atomic E-state index is 12.8. The lowest BCUT2D eigenvalue weighted by molar-refractivity contribution is 0.414. The van der Waals surface area contributed by atoms with E-state index in [1.165, 1.54) is 4.52 Å². The predicted molar refractivity (Wildman–Crippen MR) is 97.8 cm³/mol. The normalized spacial score (nSPS) is 11.2. The Morgan fingerprint density at radius 1 is 1.04 bits per heavy atom. The zero-order valence-corrected chi connectivity index (χ0v) is 14.3. The second-order valence-electron chi connectivity index (χ2n) is 5.98. The molecule has 0 saturated heterocycles. The minimum Gasteiger partial charge on any atom is -0.497 e. The second kappa shape index (κ2) is 6.11. The van der Waals surface area contributed by atoms with Gasteiger partial charge >= 0.3 is 0 Å². The van der Waals surface area contributed by atoms with Gasteiger partial charge in [-0.2, -0.15) is 14.6 Å². The first kappa shape index (κ1) is 16.0. The Morgan fingerprint density at radius 2 is 1.77 bits per heavy atom. The Hall–Kier alpha value is -3.48. The van der Waals surface area contributed by atoms with Gasteiger partial charge in [-0.25, -0.2) is 0 Å². The highest BCUT2D eigenvalue weighted by Gasteiger charge is 2.13. The van der Waals surface area contributed by atoms with Crippen molar-refractivity contribution in [1.29, 1.82) is 0 Å². The van der Waals surface area contributed by atoms with Crippen molar-refractivity contribution < 1.29 is 4.74 Å². The van der Waals surface area contributed by atoms with E-state index in [1.807, 2.05) is 36.4 Å². The lowest BCUT2D eigenvalue weighted by Gasteiger charge is -2.10. The molecule has 0 spiro atoms. The molecule has 26 heavy (non-hydrogen) atoms. The molecule has 4 rings (SSSR count). The third kappa shape index (κ3) is 2.54. The van der Waals surface area contributed by atoms with E-state index in [2.05, 4.69) is 10.1 Å². The van der Waals surface area contributed by atoms with Crippen molar-refractivity contribution in [3.8, 4) is 5.75 Å². The van der Waals surface area contributed by atoms with Crippen LogP contribution >= 0.6 is 0 Å². The highest BCUT2D eigenvalue weighted by Crippen LogP contribution is 2.13. The fourth-order valence-electron chi connectivity index (χ4n) is 2.98. The third-order valence-corrected chi connectivity index (χ3v) is 4.38. The van der Waals surface area contributed by atoms with Crippen molar-refractivity contribution in [1.82, 2.24) is 19.2 Å². The molecule has 130 valence electrons. The highest BCUT2D eigenvalue weighted by atomic mass is 16.5. The SMILES string of the molecule is COc1ccc(Cc2nn3c(=O)c4ccccc4n(C)c3nc2=O)cc1. The summed E-state index contributed by atoms with van der Waals surface area (Å²) in [5.41, 5.74) is 1.08. The van der Waals surface area contributed by atoms with E-state index in [1.54, 1.807) is 30.9 Å². The van der Waals surface area contributed by atoms with Crippen molar-refractivity contribution in [2.45, 2.75) is 6.42 Å². The number of hydrogen-bond donors (Lipinski definition) is 0. The number of nitrogens with zero attached hydrogens (tertiary/aromatic N) is 4. The molecule has 0 unspecified atom stereocenters. The minimum atomic E-state index is -0.439. The summed E-state index contributed by atoms with van der Waals surface area (Å²) in [6.45, 7) is 0. The number of para-hydroxylation sites is 1. The van der Waals surface area contributed by atoms with Gasteiger partial charge in [0.15, 0.2) is 0 Å². The van der Waals surface area contributed by atoms with E-state index in [-0.39, 0.29) is 23.5 Å². The second-order valence-corrected chi connectivity index (χ2v) is 5.98. The first-order valence-corrected chi connectivity index (χ1v) is 8.09. The topological polar surface area (TPSA) is 78.5 Å². The molecule has 2 aromatic heterocycles. The van der Waals surface area contributed by atoms with Gasteiger partial charge in [-0.3, -0.25) is 9.59 Å². The van der Waals surface area contributed by atoms with Gasteiger partial charge in [-0.05, 0) is 29.8 Å². The Balaban J connectivity index is 1.90. The molecule has 7 nitrogen and oxygen atoms in total. The van der Waals surface area contributed by atoms with Crippen LogP contribution in [0.3, 0.4) is 0 Å². The van der Waals surface area contributed by atoms with Crippen LogP contribution in [0, 0.1) is 0 Å². The molecule has 0 saturated carbocycles. The van der Waals surface area contributed by atoms with Gasteiger partial charge in [0.2, 0.25) is 5.78 Å². The first-order chi connectivity index (χ1) is 12.6. The molecule has 0 aliphatic carbocycles. The Morgan fingerprint density at radius 3 is 2.50 bits per heavy atom. The van der Waals surface area contributed by atoms with E-state index < -0.39 is 5.56 Å². The van der Waals surface area contributed by atoms with Crippen molar-refractivity contribution in [3.05, 3.63) is 80.5 Å². The van der Waals surface area contributed by atoms with Crippen LogP contribution in [0.25, 0.3) is 16.7 Å². The van der Waals surface area contributed by atoms with Crippen molar-refractivity contribution in [2.75, 3.05) is 7.11 Å². The molecule has 0 aliphatic rings. The summed E-state index contributed by atoms with van der Waals surface area (Å²) in [7, 11) is 3.35. The summed E-state index contributed by atoms with van der Waals surface area (Å²) in [5.74, 6) is 0.951. The van der Waals surface area contributed by atoms with Gasteiger partial charge in [-0.1, -0.05) is 24.3 Å². The van der Waals surface area contributed by atoms with Crippen LogP contribution in [-0.2, 0) is 13.5 Å². The van der Waals surface area contributed by atoms with Crippen molar-refractivity contribution in [2.24, 2.45) is 7.05 Å². The molecule has 4 aromatic rings. The summed E-state index contributed by atoms with van der Waals surface area (Å²) in [6.07, 6.45) is 0.286. The Kier molecular flexibility index (Phi) is 3.76. The maximum Gasteiger partial charge on any atom is 0.296 e. The summed E-state index contributed by atoms with van der Waals surface area (Å²) in [6, 6.07) is 14.5.